The number of nitrogens with zero attached hydrogens (tertiary/aromatic N) is 3. The molecule has 1 unspecified atom stereocenters. The highest BCUT2D eigenvalue weighted by Crippen LogP contribution is 2.36. The number of hydrogen-bond donors (Lipinski definition) is 1. The molecule has 3 heterocycles. The number of aliphatic imine (C=N–C) groups is 1. The van der Waals surface area contributed by atoms with Crippen molar-refractivity contribution in [3.8, 4) is 17.0 Å². The maximum Gasteiger partial charge on any atom is 0.220 e. The molecule has 0 saturated heterocycles. The van der Waals surface area contributed by atoms with Crippen LogP contribution in [0.15, 0.2) is 53.7 Å². The molecule has 5 rings (SSSR count). The number of unbranched alkanes of at least 4 members (excludes halogenated alkanes) is 1. The van der Waals surface area contributed by atoms with Crippen molar-refractivity contribution in [2.45, 2.75) is 39.0 Å². The zero-order valence-corrected chi connectivity index (χ0v) is 18.2. The molecule has 0 spiro atoms. The second-order valence-corrected chi connectivity index (χ2v) is 8.48. The number of aromatic nitrogens is 2. The van der Waals surface area contributed by atoms with Crippen LogP contribution in [0, 0.1) is 5.92 Å². The van der Waals surface area contributed by atoms with Crippen LogP contribution in [-0.4, -0.2) is 28.1 Å². The van der Waals surface area contributed by atoms with E-state index in [4.69, 9.17) is 15.5 Å². The van der Waals surface area contributed by atoms with E-state index in [0.717, 1.165) is 65.2 Å². The Kier molecular flexibility index (Phi) is 5.43. The quantitative estimate of drug-likeness (QED) is 0.562. The lowest BCUT2D eigenvalue weighted by Crippen LogP contribution is -2.28. The number of nitrogen functional groups attached to an aromatic ring is 1. The fourth-order valence-electron chi connectivity index (χ4n) is 4.40. The number of ether oxygens (including phenoxy) is 1. The summed E-state index contributed by atoms with van der Waals surface area (Å²) in [6.07, 6.45) is 5.87. The summed E-state index contributed by atoms with van der Waals surface area (Å²) in [6, 6.07) is 13.9. The van der Waals surface area contributed by atoms with Crippen LogP contribution < -0.4 is 10.5 Å². The first-order chi connectivity index (χ1) is 15.6. The van der Waals surface area contributed by atoms with Crippen molar-refractivity contribution >= 4 is 23.1 Å². The zero-order chi connectivity index (χ0) is 22.1. The van der Waals surface area contributed by atoms with Gasteiger partial charge >= 0.3 is 0 Å². The Morgan fingerprint density at radius 1 is 1.16 bits per heavy atom. The topological polar surface area (TPSA) is 90.5 Å². The molecule has 2 aliphatic heterocycles. The summed E-state index contributed by atoms with van der Waals surface area (Å²) >= 11 is 0. The van der Waals surface area contributed by atoms with Gasteiger partial charge in [-0.05, 0) is 54.3 Å². The van der Waals surface area contributed by atoms with E-state index in [2.05, 4.69) is 35.1 Å². The fourth-order valence-corrected chi connectivity index (χ4v) is 4.40. The van der Waals surface area contributed by atoms with Gasteiger partial charge in [-0.25, -0.2) is 9.97 Å². The van der Waals surface area contributed by atoms with Crippen LogP contribution in [0.5, 0.6) is 5.75 Å². The van der Waals surface area contributed by atoms with Gasteiger partial charge in [-0.15, -0.1) is 0 Å². The van der Waals surface area contributed by atoms with E-state index in [1.54, 1.807) is 6.20 Å². The lowest BCUT2D eigenvalue weighted by Gasteiger charge is -2.26. The van der Waals surface area contributed by atoms with E-state index >= 15 is 0 Å². The van der Waals surface area contributed by atoms with Gasteiger partial charge in [-0.1, -0.05) is 25.5 Å². The zero-order valence-electron chi connectivity index (χ0n) is 18.2. The largest absolute Gasteiger partial charge is 0.493 e. The average Bonchev–Trinajstić information content (AvgIpc) is 3.25. The smallest absolute Gasteiger partial charge is 0.220 e. The Balaban J connectivity index is 1.35. The van der Waals surface area contributed by atoms with Crippen LogP contribution in [0.25, 0.3) is 11.3 Å². The summed E-state index contributed by atoms with van der Waals surface area (Å²) in [5, 5.41) is 0. The molecule has 0 radical (unpaired) electrons. The minimum atomic E-state index is 0.203. The predicted molar refractivity (Wildman–Crippen MR) is 126 cm³/mol. The molecule has 3 aromatic rings. The molecular weight excluding hydrogens is 400 g/mol. The number of Topliss-reactive ketones (excluding diaryl/α,β-unsaturated/α-hetero) is 1. The third-order valence-corrected chi connectivity index (χ3v) is 6.21. The standard InChI is InChI=1S/C26H26N4O2/c1-2-3-4-24(31)18-7-8-25-19(11-18)12-20(15-32-25)23-14-17-6-5-16(13-22(17)29-23)21-9-10-28-26(27)30-21/h5-11,13,20H,2-4,12,14-15H2,1H3,(H2,27,28,30). The molecule has 2 aliphatic rings. The SMILES string of the molecule is CCCCC(=O)c1ccc2c(c1)CC(C1=Nc3cc(-c4ccnc(N)n4)ccc3C1)CO2. The molecule has 1 aromatic heterocycles. The maximum absolute atomic E-state index is 12.5. The lowest BCUT2D eigenvalue weighted by atomic mass is 9.89. The Labute approximate surface area is 187 Å². The molecule has 6 heteroatoms. The van der Waals surface area contributed by atoms with E-state index in [9.17, 15) is 4.79 Å². The maximum atomic E-state index is 12.5. The Hall–Kier alpha value is -3.54. The highest BCUT2D eigenvalue weighted by molar-refractivity contribution is 5.98. The highest BCUT2D eigenvalue weighted by Gasteiger charge is 2.28. The van der Waals surface area contributed by atoms with Crippen LogP contribution in [0.1, 0.15) is 47.7 Å². The first-order valence-electron chi connectivity index (χ1n) is 11.2. The lowest BCUT2D eigenvalue weighted by molar-refractivity contribution is 0.0979. The summed E-state index contributed by atoms with van der Waals surface area (Å²) in [5.74, 6) is 1.56. The van der Waals surface area contributed by atoms with Crippen LogP contribution >= 0.6 is 0 Å². The van der Waals surface area contributed by atoms with Crippen molar-refractivity contribution in [3.63, 3.8) is 0 Å². The van der Waals surface area contributed by atoms with Gasteiger partial charge in [0.1, 0.15) is 5.75 Å². The summed E-state index contributed by atoms with van der Waals surface area (Å²) in [4.78, 5) is 25.7. The number of nitrogens with two attached hydrogens (primary N) is 1. The van der Waals surface area contributed by atoms with Crippen molar-refractivity contribution in [2.24, 2.45) is 10.9 Å². The molecule has 32 heavy (non-hydrogen) atoms. The monoisotopic (exact) mass is 426 g/mol. The van der Waals surface area contributed by atoms with E-state index in [1.807, 2.05) is 24.3 Å². The van der Waals surface area contributed by atoms with Crippen LogP contribution in [0.3, 0.4) is 0 Å². The third-order valence-electron chi connectivity index (χ3n) is 6.21. The van der Waals surface area contributed by atoms with Gasteiger partial charge in [0.15, 0.2) is 5.78 Å². The second-order valence-electron chi connectivity index (χ2n) is 8.48. The van der Waals surface area contributed by atoms with Crippen molar-refractivity contribution in [1.82, 2.24) is 9.97 Å². The number of hydrogen-bond acceptors (Lipinski definition) is 6. The number of carbonyl (C=O) groups excluding carboxylic acids is 1. The van der Waals surface area contributed by atoms with Crippen LogP contribution in [0.4, 0.5) is 11.6 Å². The van der Waals surface area contributed by atoms with Crippen molar-refractivity contribution < 1.29 is 9.53 Å². The molecule has 2 aromatic carbocycles. The van der Waals surface area contributed by atoms with Gasteiger partial charge in [0.05, 0.1) is 18.0 Å². The molecule has 0 aliphatic carbocycles. The fraction of sp³-hybridized carbons (Fsp3) is 0.308. The van der Waals surface area contributed by atoms with Gasteiger partial charge in [-0.3, -0.25) is 9.79 Å². The summed E-state index contributed by atoms with van der Waals surface area (Å²) in [7, 11) is 0. The second kappa shape index (κ2) is 8.54. The number of carbonyl (C=O) groups is 1. The van der Waals surface area contributed by atoms with E-state index in [0.29, 0.717) is 13.0 Å². The minimum absolute atomic E-state index is 0.203. The number of benzene rings is 2. The number of ketones is 1. The molecule has 2 N–H and O–H groups in total. The Morgan fingerprint density at radius 3 is 2.91 bits per heavy atom. The molecule has 0 saturated carbocycles. The summed E-state index contributed by atoms with van der Waals surface area (Å²) in [5.41, 5.74) is 12.7. The third kappa shape index (κ3) is 4.00. The predicted octanol–water partition coefficient (Wildman–Crippen LogP) is 4.98. The number of anilines is 1. The first kappa shape index (κ1) is 20.4. The van der Waals surface area contributed by atoms with Gasteiger partial charge < -0.3 is 10.5 Å². The minimum Gasteiger partial charge on any atom is -0.493 e. The normalized spacial score (nSPS) is 16.7. The number of fused-ring (bicyclic) bond motifs is 2. The molecule has 0 fully saturated rings. The van der Waals surface area contributed by atoms with E-state index in [1.165, 1.54) is 5.56 Å². The summed E-state index contributed by atoms with van der Waals surface area (Å²) in [6.45, 7) is 2.71. The molecule has 0 amide bonds. The van der Waals surface area contributed by atoms with Crippen LogP contribution in [0.2, 0.25) is 0 Å². The van der Waals surface area contributed by atoms with Gasteiger partial charge in [0.25, 0.3) is 0 Å². The number of rotatable bonds is 6. The molecule has 0 bridgehead atoms. The molecule has 162 valence electrons. The average molecular weight is 427 g/mol. The van der Waals surface area contributed by atoms with E-state index in [-0.39, 0.29) is 17.6 Å². The van der Waals surface area contributed by atoms with Gasteiger partial charge in [-0.2, -0.15) is 0 Å². The van der Waals surface area contributed by atoms with Crippen LogP contribution in [-0.2, 0) is 12.8 Å². The summed E-state index contributed by atoms with van der Waals surface area (Å²) < 4.78 is 6.05. The molecule has 1 atom stereocenters. The Bertz CT molecular complexity index is 1220. The Morgan fingerprint density at radius 2 is 2.06 bits per heavy atom. The molecule has 6 nitrogen and oxygen atoms in total. The van der Waals surface area contributed by atoms with Crippen molar-refractivity contribution in [2.75, 3.05) is 12.3 Å². The highest BCUT2D eigenvalue weighted by atomic mass is 16.5. The molecular formula is C26H26N4O2. The van der Waals surface area contributed by atoms with Crippen molar-refractivity contribution in [3.05, 3.63) is 65.4 Å². The van der Waals surface area contributed by atoms with Gasteiger partial charge in [0, 0.05) is 41.8 Å². The van der Waals surface area contributed by atoms with Gasteiger partial charge in [0.2, 0.25) is 5.95 Å². The van der Waals surface area contributed by atoms with E-state index < -0.39 is 0 Å². The van der Waals surface area contributed by atoms with Crippen molar-refractivity contribution in [1.29, 1.82) is 0 Å². The first-order valence-corrected chi connectivity index (χ1v) is 11.2.